The van der Waals surface area contributed by atoms with E-state index in [0.717, 1.165) is 32.2 Å². The molecule has 0 spiro atoms. The van der Waals surface area contributed by atoms with Crippen molar-refractivity contribution in [3.63, 3.8) is 0 Å². The second kappa shape index (κ2) is 7.01. The van der Waals surface area contributed by atoms with Crippen molar-refractivity contribution in [2.75, 3.05) is 25.0 Å². The van der Waals surface area contributed by atoms with Crippen molar-refractivity contribution in [3.05, 3.63) is 24.3 Å². The van der Waals surface area contributed by atoms with E-state index >= 15 is 0 Å². The molecule has 1 aromatic carbocycles. The molecule has 0 radical (unpaired) electrons. The van der Waals surface area contributed by atoms with E-state index in [9.17, 15) is 9.90 Å². The standard InChI is InChI=1S/C19H28N2O3/c1-3-19(23)11-7-8-14-12-21(13-15(14)19)18(22)20-16-9-5-6-10-17(16)24-4-2/h5-6,9-10,14-15,23H,3-4,7-8,11-13H2,1-2H3,(H,20,22)/t14-,15+,19-/m1/s1. The first kappa shape index (κ1) is 17.1. The molecule has 1 saturated carbocycles. The van der Waals surface area contributed by atoms with Crippen LogP contribution in [0.5, 0.6) is 5.75 Å². The lowest BCUT2D eigenvalue weighted by Gasteiger charge is -2.40. The number of carbonyl (C=O) groups excluding carboxylic acids is 1. The van der Waals surface area contributed by atoms with Gasteiger partial charge in [-0.05, 0) is 44.2 Å². The van der Waals surface area contributed by atoms with Crippen LogP contribution >= 0.6 is 0 Å². The summed E-state index contributed by atoms with van der Waals surface area (Å²) in [6.07, 6.45) is 3.77. The molecular weight excluding hydrogens is 304 g/mol. The number of carbonyl (C=O) groups is 1. The van der Waals surface area contributed by atoms with Crippen molar-refractivity contribution < 1.29 is 14.6 Å². The third-order valence-corrected chi connectivity index (χ3v) is 5.64. The van der Waals surface area contributed by atoms with Gasteiger partial charge < -0.3 is 20.1 Å². The first-order chi connectivity index (χ1) is 11.6. The van der Waals surface area contributed by atoms with Crippen molar-refractivity contribution in [2.24, 2.45) is 11.8 Å². The number of ether oxygens (including phenoxy) is 1. The van der Waals surface area contributed by atoms with Crippen LogP contribution in [-0.2, 0) is 0 Å². The highest BCUT2D eigenvalue weighted by molar-refractivity contribution is 5.91. The van der Waals surface area contributed by atoms with Gasteiger partial charge in [0.15, 0.2) is 0 Å². The van der Waals surface area contributed by atoms with Gasteiger partial charge in [0.2, 0.25) is 0 Å². The molecule has 1 aliphatic heterocycles. The maximum atomic E-state index is 12.7. The van der Waals surface area contributed by atoms with Crippen LogP contribution < -0.4 is 10.1 Å². The zero-order valence-corrected chi connectivity index (χ0v) is 14.6. The average Bonchev–Trinajstić information content (AvgIpc) is 3.03. The lowest BCUT2D eigenvalue weighted by molar-refractivity contribution is -0.0607. The highest BCUT2D eigenvalue weighted by atomic mass is 16.5. The third-order valence-electron chi connectivity index (χ3n) is 5.64. The van der Waals surface area contributed by atoms with Crippen LogP contribution in [0.25, 0.3) is 0 Å². The highest BCUT2D eigenvalue weighted by Gasteiger charge is 2.48. The van der Waals surface area contributed by atoms with Gasteiger partial charge in [-0.25, -0.2) is 4.79 Å². The Balaban J connectivity index is 1.69. The summed E-state index contributed by atoms with van der Waals surface area (Å²) in [7, 11) is 0. The Kier molecular flexibility index (Phi) is 4.99. The van der Waals surface area contributed by atoms with Gasteiger partial charge >= 0.3 is 6.03 Å². The van der Waals surface area contributed by atoms with Crippen LogP contribution in [0.3, 0.4) is 0 Å². The summed E-state index contributed by atoms with van der Waals surface area (Å²) in [5, 5.41) is 13.8. The molecule has 2 fully saturated rings. The number of hydrogen-bond acceptors (Lipinski definition) is 3. The summed E-state index contributed by atoms with van der Waals surface area (Å²) in [5.41, 5.74) is 0.0891. The fourth-order valence-corrected chi connectivity index (χ4v) is 4.28. The summed E-state index contributed by atoms with van der Waals surface area (Å²) in [4.78, 5) is 14.5. The molecule has 5 nitrogen and oxygen atoms in total. The zero-order chi connectivity index (χ0) is 17.2. The molecule has 1 aromatic rings. The van der Waals surface area contributed by atoms with Crippen molar-refractivity contribution in [3.8, 4) is 5.75 Å². The molecule has 5 heteroatoms. The number of hydrogen-bond donors (Lipinski definition) is 2. The predicted octanol–water partition coefficient (Wildman–Crippen LogP) is 3.49. The molecule has 2 amide bonds. The second-order valence-corrected chi connectivity index (χ2v) is 6.98. The number of rotatable bonds is 4. The number of benzene rings is 1. The lowest BCUT2D eigenvalue weighted by Crippen LogP contribution is -2.44. The third kappa shape index (κ3) is 3.22. The van der Waals surface area contributed by atoms with E-state index in [4.69, 9.17) is 4.74 Å². The Labute approximate surface area is 144 Å². The number of fused-ring (bicyclic) bond motifs is 1. The maximum Gasteiger partial charge on any atom is 0.321 e. The van der Waals surface area contributed by atoms with Gasteiger partial charge in [-0.1, -0.05) is 25.5 Å². The largest absolute Gasteiger partial charge is 0.492 e. The minimum Gasteiger partial charge on any atom is -0.492 e. The molecule has 2 aliphatic rings. The summed E-state index contributed by atoms with van der Waals surface area (Å²) in [6, 6.07) is 7.40. The van der Waals surface area contributed by atoms with Gasteiger partial charge in [-0.2, -0.15) is 0 Å². The monoisotopic (exact) mass is 332 g/mol. The van der Waals surface area contributed by atoms with Gasteiger partial charge in [-0.15, -0.1) is 0 Å². The molecule has 3 atom stereocenters. The van der Waals surface area contributed by atoms with Gasteiger partial charge in [0.25, 0.3) is 0 Å². The second-order valence-electron chi connectivity index (χ2n) is 6.98. The Morgan fingerprint density at radius 1 is 1.38 bits per heavy atom. The molecule has 132 valence electrons. The SMILES string of the molecule is CCOc1ccccc1NC(=O)N1C[C@H]2CCC[C@](O)(CC)[C@H]2C1. The van der Waals surface area contributed by atoms with Gasteiger partial charge in [0.1, 0.15) is 5.75 Å². The number of urea groups is 1. The van der Waals surface area contributed by atoms with Crippen molar-refractivity contribution in [2.45, 2.75) is 45.1 Å². The Morgan fingerprint density at radius 2 is 2.17 bits per heavy atom. The number of amides is 2. The fraction of sp³-hybridized carbons (Fsp3) is 0.632. The minimum atomic E-state index is -0.610. The molecule has 0 aromatic heterocycles. The van der Waals surface area contributed by atoms with Crippen LogP contribution in [0.2, 0.25) is 0 Å². The minimum absolute atomic E-state index is 0.102. The number of para-hydroxylation sites is 2. The molecule has 3 rings (SSSR count). The van der Waals surface area contributed by atoms with Crippen molar-refractivity contribution in [1.82, 2.24) is 4.90 Å². The van der Waals surface area contributed by atoms with Crippen molar-refractivity contribution in [1.29, 1.82) is 0 Å². The number of aliphatic hydroxyl groups is 1. The molecule has 1 saturated heterocycles. The molecule has 24 heavy (non-hydrogen) atoms. The predicted molar refractivity (Wildman–Crippen MR) is 94.3 cm³/mol. The van der Waals surface area contributed by atoms with E-state index in [1.807, 2.05) is 43.0 Å². The number of nitrogens with zero attached hydrogens (tertiary/aromatic N) is 1. The van der Waals surface area contributed by atoms with E-state index < -0.39 is 5.60 Å². The quantitative estimate of drug-likeness (QED) is 0.887. The summed E-state index contributed by atoms with van der Waals surface area (Å²) in [5.74, 6) is 1.30. The Morgan fingerprint density at radius 3 is 2.92 bits per heavy atom. The smallest absolute Gasteiger partial charge is 0.321 e. The maximum absolute atomic E-state index is 12.7. The van der Waals surface area contributed by atoms with E-state index in [2.05, 4.69) is 5.32 Å². The Hall–Kier alpha value is -1.75. The van der Waals surface area contributed by atoms with E-state index in [0.29, 0.717) is 30.5 Å². The van der Waals surface area contributed by atoms with E-state index in [-0.39, 0.29) is 11.9 Å². The van der Waals surface area contributed by atoms with Crippen LogP contribution in [0, 0.1) is 11.8 Å². The molecule has 0 unspecified atom stereocenters. The number of likely N-dealkylation sites (tertiary alicyclic amines) is 1. The topological polar surface area (TPSA) is 61.8 Å². The lowest BCUT2D eigenvalue weighted by atomic mass is 9.69. The molecule has 1 heterocycles. The first-order valence-electron chi connectivity index (χ1n) is 9.07. The van der Waals surface area contributed by atoms with Crippen molar-refractivity contribution >= 4 is 11.7 Å². The summed E-state index contributed by atoms with van der Waals surface area (Å²) in [6.45, 7) is 5.90. The van der Waals surface area contributed by atoms with E-state index in [1.165, 1.54) is 0 Å². The number of nitrogens with one attached hydrogen (secondary N) is 1. The van der Waals surface area contributed by atoms with Gasteiger partial charge in [0, 0.05) is 19.0 Å². The normalized spacial score (nSPS) is 29.2. The summed E-state index contributed by atoms with van der Waals surface area (Å²) < 4.78 is 5.57. The van der Waals surface area contributed by atoms with Gasteiger partial charge in [0.05, 0.1) is 17.9 Å². The highest BCUT2D eigenvalue weighted by Crippen LogP contribution is 2.44. The molecule has 1 aliphatic carbocycles. The van der Waals surface area contributed by atoms with Crippen LogP contribution in [0.15, 0.2) is 24.3 Å². The molecular formula is C19H28N2O3. The fourth-order valence-electron chi connectivity index (χ4n) is 4.28. The number of anilines is 1. The first-order valence-corrected chi connectivity index (χ1v) is 9.07. The zero-order valence-electron chi connectivity index (χ0n) is 14.6. The van der Waals surface area contributed by atoms with Crippen LogP contribution in [0.1, 0.15) is 39.5 Å². The van der Waals surface area contributed by atoms with E-state index in [1.54, 1.807) is 0 Å². The Bertz CT molecular complexity index is 592. The summed E-state index contributed by atoms with van der Waals surface area (Å²) >= 11 is 0. The van der Waals surface area contributed by atoms with Gasteiger partial charge in [-0.3, -0.25) is 0 Å². The average molecular weight is 332 g/mol. The van der Waals surface area contributed by atoms with Crippen LogP contribution in [0.4, 0.5) is 10.5 Å². The van der Waals surface area contributed by atoms with Crippen LogP contribution in [-0.4, -0.2) is 41.3 Å². The molecule has 2 N–H and O–H groups in total. The molecule has 0 bridgehead atoms.